The lowest BCUT2D eigenvalue weighted by molar-refractivity contribution is 0.262. The average Bonchev–Trinajstić information content (AvgIpc) is 3.01. The van der Waals surface area contributed by atoms with Gasteiger partial charge in [0.2, 0.25) is 5.13 Å². The summed E-state index contributed by atoms with van der Waals surface area (Å²) in [6.45, 7) is 0. The summed E-state index contributed by atoms with van der Waals surface area (Å²) in [5.41, 5.74) is 1.47. The smallest absolute Gasteiger partial charge is 0.308 e. The lowest BCUT2D eigenvalue weighted by Crippen LogP contribution is -2.19. The first-order chi connectivity index (χ1) is 12.1. The molecule has 0 fully saturated rings. The third-order valence-electron chi connectivity index (χ3n) is 3.05. The topological polar surface area (TPSA) is 66.9 Å². The van der Waals surface area contributed by atoms with E-state index in [2.05, 4.69) is 20.8 Å². The number of urea groups is 1. The molecule has 0 saturated carbocycles. The molecule has 3 rings (SSSR count). The number of halogens is 2. The van der Waals surface area contributed by atoms with Crippen molar-refractivity contribution >= 4 is 63.5 Å². The Bertz CT molecular complexity index is 926. The second-order valence-electron chi connectivity index (χ2n) is 4.89. The summed E-state index contributed by atoms with van der Waals surface area (Å²) in [7, 11) is 0. The van der Waals surface area contributed by atoms with Gasteiger partial charge in [0.15, 0.2) is 0 Å². The van der Waals surface area contributed by atoms with Gasteiger partial charge < -0.3 is 5.32 Å². The van der Waals surface area contributed by atoms with Gasteiger partial charge in [0.25, 0.3) is 0 Å². The minimum Gasteiger partial charge on any atom is -0.308 e. The molecular weight excluding hydrogens is 379 g/mol. The van der Waals surface area contributed by atoms with E-state index in [9.17, 15) is 4.79 Å². The van der Waals surface area contributed by atoms with Crippen molar-refractivity contribution < 1.29 is 4.79 Å². The molecule has 126 valence electrons. The Morgan fingerprint density at radius 3 is 2.64 bits per heavy atom. The van der Waals surface area contributed by atoms with Crippen LogP contribution in [0.3, 0.4) is 0 Å². The Morgan fingerprint density at radius 1 is 1.00 bits per heavy atom. The monoisotopic (exact) mass is 390 g/mol. The molecule has 2 amide bonds. The maximum absolute atomic E-state index is 12.0. The minimum atomic E-state index is -0.417. The van der Waals surface area contributed by atoms with Gasteiger partial charge in [-0.2, -0.15) is 0 Å². The van der Waals surface area contributed by atoms with E-state index in [1.165, 1.54) is 11.3 Å². The molecule has 2 N–H and O–H groups in total. The molecule has 0 saturated heterocycles. The highest BCUT2D eigenvalue weighted by Gasteiger charge is 2.07. The summed E-state index contributed by atoms with van der Waals surface area (Å²) in [5.74, 6) is 0. The molecule has 0 aliphatic heterocycles. The lowest BCUT2D eigenvalue weighted by Gasteiger charge is -2.04. The highest BCUT2D eigenvalue weighted by Crippen LogP contribution is 2.21. The first-order valence-corrected chi connectivity index (χ1v) is 8.77. The van der Waals surface area contributed by atoms with Gasteiger partial charge in [0, 0.05) is 15.7 Å². The van der Waals surface area contributed by atoms with Crippen LogP contribution < -0.4 is 10.6 Å². The highest BCUT2D eigenvalue weighted by atomic mass is 35.5. The van der Waals surface area contributed by atoms with Crippen LogP contribution in [0.4, 0.5) is 15.6 Å². The molecule has 2 aromatic carbocycles. The Balaban J connectivity index is 1.61. The van der Waals surface area contributed by atoms with Crippen molar-refractivity contribution in [3.8, 4) is 0 Å². The number of nitrogens with zero attached hydrogens (tertiary/aromatic N) is 2. The average molecular weight is 391 g/mol. The third kappa shape index (κ3) is 5.03. The summed E-state index contributed by atoms with van der Waals surface area (Å²) in [6.07, 6.45) is 3.64. The SMILES string of the molecule is O=C(Nc1cccc(Cl)c1)Nc1nnc(/C=C/c2ccccc2Cl)s1. The van der Waals surface area contributed by atoms with E-state index in [-0.39, 0.29) is 0 Å². The number of carbonyl (C=O) groups excluding carboxylic acids is 1. The van der Waals surface area contributed by atoms with Crippen LogP contribution in [0.2, 0.25) is 10.0 Å². The zero-order valence-corrected chi connectivity index (χ0v) is 15.1. The fourth-order valence-electron chi connectivity index (χ4n) is 1.95. The third-order valence-corrected chi connectivity index (χ3v) is 4.44. The number of rotatable bonds is 4. The van der Waals surface area contributed by atoms with Gasteiger partial charge in [-0.25, -0.2) is 4.79 Å². The fourth-order valence-corrected chi connectivity index (χ4v) is 2.98. The molecule has 0 aliphatic carbocycles. The number of hydrogen-bond donors (Lipinski definition) is 2. The van der Waals surface area contributed by atoms with Crippen LogP contribution >= 0.6 is 34.5 Å². The number of benzene rings is 2. The summed E-state index contributed by atoms with van der Waals surface area (Å²) < 4.78 is 0. The van der Waals surface area contributed by atoms with E-state index in [0.717, 1.165) is 5.56 Å². The molecule has 0 unspecified atom stereocenters. The van der Waals surface area contributed by atoms with Crippen LogP contribution in [-0.4, -0.2) is 16.2 Å². The van der Waals surface area contributed by atoms with E-state index in [0.29, 0.717) is 25.9 Å². The van der Waals surface area contributed by atoms with Crippen LogP contribution in [0.5, 0.6) is 0 Å². The van der Waals surface area contributed by atoms with Crippen LogP contribution in [-0.2, 0) is 0 Å². The maximum Gasteiger partial charge on any atom is 0.325 e. The predicted octanol–water partition coefficient (Wildman–Crippen LogP) is 5.66. The molecule has 1 heterocycles. The number of anilines is 2. The molecule has 3 aromatic rings. The van der Waals surface area contributed by atoms with Crippen LogP contribution in [0.1, 0.15) is 10.6 Å². The molecule has 0 atom stereocenters. The van der Waals surface area contributed by atoms with E-state index in [1.54, 1.807) is 30.3 Å². The Kier molecular flexibility index (Phi) is 5.65. The van der Waals surface area contributed by atoms with E-state index in [1.807, 2.05) is 30.3 Å². The minimum absolute atomic E-state index is 0.387. The van der Waals surface area contributed by atoms with Crippen LogP contribution in [0, 0.1) is 0 Å². The molecule has 25 heavy (non-hydrogen) atoms. The normalized spacial score (nSPS) is 10.8. The molecular formula is C17H12Cl2N4OS. The predicted molar refractivity (Wildman–Crippen MR) is 104 cm³/mol. The van der Waals surface area contributed by atoms with Crippen LogP contribution in [0.15, 0.2) is 48.5 Å². The molecule has 0 radical (unpaired) electrons. The van der Waals surface area contributed by atoms with Crippen molar-refractivity contribution in [2.24, 2.45) is 0 Å². The Morgan fingerprint density at radius 2 is 1.84 bits per heavy atom. The second kappa shape index (κ2) is 8.11. The number of carbonyl (C=O) groups is 1. The second-order valence-corrected chi connectivity index (χ2v) is 6.74. The molecule has 0 bridgehead atoms. The largest absolute Gasteiger partial charge is 0.325 e. The summed E-state index contributed by atoms with van der Waals surface area (Å²) in [5, 5.41) is 15.5. The van der Waals surface area contributed by atoms with E-state index < -0.39 is 6.03 Å². The van der Waals surface area contributed by atoms with Crippen molar-refractivity contribution in [1.29, 1.82) is 0 Å². The van der Waals surface area contributed by atoms with Crippen LogP contribution in [0.25, 0.3) is 12.2 Å². The van der Waals surface area contributed by atoms with Gasteiger partial charge in [-0.05, 0) is 35.9 Å². The highest BCUT2D eigenvalue weighted by molar-refractivity contribution is 7.16. The molecule has 8 heteroatoms. The molecule has 0 aliphatic rings. The lowest BCUT2D eigenvalue weighted by atomic mass is 10.2. The summed E-state index contributed by atoms with van der Waals surface area (Å²) in [4.78, 5) is 12.0. The molecule has 0 spiro atoms. The maximum atomic E-state index is 12.0. The number of aromatic nitrogens is 2. The van der Waals surface area contributed by atoms with E-state index >= 15 is 0 Å². The zero-order chi connectivity index (χ0) is 17.6. The van der Waals surface area contributed by atoms with Crippen molar-refractivity contribution in [3.63, 3.8) is 0 Å². The van der Waals surface area contributed by atoms with Gasteiger partial charge in [-0.3, -0.25) is 5.32 Å². The summed E-state index contributed by atoms with van der Waals surface area (Å²) >= 11 is 13.2. The van der Waals surface area contributed by atoms with Crippen molar-refractivity contribution in [2.75, 3.05) is 10.6 Å². The number of amides is 2. The molecule has 1 aromatic heterocycles. The Hall–Kier alpha value is -2.41. The summed E-state index contributed by atoms with van der Waals surface area (Å²) in [6, 6.07) is 13.9. The van der Waals surface area contributed by atoms with Gasteiger partial charge in [-0.15, -0.1) is 10.2 Å². The fraction of sp³-hybridized carbons (Fsp3) is 0. The molecule has 5 nitrogen and oxygen atoms in total. The zero-order valence-electron chi connectivity index (χ0n) is 12.7. The first-order valence-electron chi connectivity index (χ1n) is 7.20. The van der Waals surface area contributed by atoms with Gasteiger partial charge in [-0.1, -0.05) is 64.9 Å². The van der Waals surface area contributed by atoms with Crippen molar-refractivity contribution in [3.05, 3.63) is 69.1 Å². The number of hydrogen-bond acceptors (Lipinski definition) is 4. The first kappa shape index (κ1) is 17.4. The van der Waals surface area contributed by atoms with Gasteiger partial charge >= 0.3 is 6.03 Å². The Labute approximate surface area is 158 Å². The quantitative estimate of drug-likeness (QED) is 0.603. The van der Waals surface area contributed by atoms with Gasteiger partial charge in [0.05, 0.1) is 0 Å². The van der Waals surface area contributed by atoms with E-state index in [4.69, 9.17) is 23.2 Å². The van der Waals surface area contributed by atoms with Gasteiger partial charge in [0.1, 0.15) is 5.01 Å². The van der Waals surface area contributed by atoms with Crippen molar-refractivity contribution in [2.45, 2.75) is 0 Å². The number of nitrogens with one attached hydrogen (secondary N) is 2. The van der Waals surface area contributed by atoms with Crippen molar-refractivity contribution in [1.82, 2.24) is 10.2 Å². The standard InChI is InChI=1S/C17H12Cl2N4OS/c18-12-5-3-6-13(10-12)20-16(24)21-17-23-22-15(25-17)9-8-11-4-1-2-7-14(11)19/h1-10H,(H2,20,21,23,24)/b9-8+.